The molecule has 1 aromatic carbocycles. The second kappa shape index (κ2) is 4.32. The Balaban J connectivity index is 1.64. The van der Waals surface area contributed by atoms with E-state index in [2.05, 4.69) is 23.1 Å². The Labute approximate surface area is 119 Å². The molecule has 1 saturated heterocycles. The molecule has 3 nitrogen and oxygen atoms in total. The predicted octanol–water partition coefficient (Wildman–Crippen LogP) is 2.31. The molecular formula is C17H21NO2. The molecule has 1 spiro atoms. The van der Waals surface area contributed by atoms with Gasteiger partial charge in [0, 0.05) is 19.7 Å². The molecule has 1 saturated carbocycles. The van der Waals surface area contributed by atoms with Gasteiger partial charge in [-0.2, -0.15) is 0 Å². The number of amides is 1. The smallest absolute Gasteiger partial charge is 0.229 e. The van der Waals surface area contributed by atoms with Gasteiger partial charge in [0.15, 0.2) is 0 Å². The summed E-state index contributed by atoms with van der Waals surface area (Å²) in [5.41, 5.74) is 3.87. The van der Waals surface area contributed by atoms with E-state index in [9.17, 15) is 4.79 Å². The van der Waals surface area contributed by atoms with Gasteiger partial charge >= 0.3 is 0 Å². The van der Waals surface area contributed by atoms with Gasteiger partial charge in [-0.15, -0.1) is 0 Å². The highest BCUT2D eigenvalue weighted by Gasteiger charge is 2.53. The molecule has 1 heterocycles. The van der Waals surface area contributed by atoms with Crippen LogP contribution in [0.25, 0.3) is 0 Å². The topological polar surface area (TPSA) is 29.5 Å². The van der Waals surface area contributed by atoms with Crippen molar-refractivity contribution in [3.8, 4) is 0 Å². The van der Waals surface area contributed by atoms with E-state index in [4.69, 9.17) is 4.74 Å². The van der Waals surface area contributed by atoms with Gasteiger partial charge in [0.05, 0.1) is 12.0 Å². The van der Waals surface area contributed by atoms with E-state index in [-0.39, 0.29) is 5.41 Å². The summed E-state index contributed by atoms with van der Waals surface area (Å²) in [6.07, 6.45) is 5.31. The van der Waals surface area contributed by atoms with Crippen LogP contribution in [-0.2, 0) is 29.0 Å². The summed E-state index contributed by atoms with van der Waals surface area (Å²) in [7, 11) is 1.74. The third-order valence-corrected chi connectivity index (χ3v) is 5.25. The van der Waals surface area contributed by atoms with Crippen LogP contribution in [0.15, 0.2) is 18.2 Å². The maximum atomic E-state index is 12.8. The average Bonchev–Trinajstić information content (AvgIpc) is 3.13. The van der Waals surface area contributed by atoms with E-state index in [0.717, 1.165) is 25.8 Å². The SMILES string of the molecule is COCc1cccc2c1CC1(CCN(C3CC3)C1=O)C2. The highest BCUT2D eigenvalue weighted by atomic mass is 16.5. The summed E-state index contributed by atoms with van der Waals surface area (Å²) < 4.78 is 5.31. The minimum Gasteiger partial charge on any atom is -0.380 e. The molecule has 0 bridgehead atoms. The lowest BCUT2D eigenvalue weighted by Crippen LogP contribution is -2.36. The van der Waals surface area contributed by atoms with E-state index in [1.807, 2.05) is 0 Å². The second-order valence-corrected chi connectivity index (χ2v) is 6.60. The number of benzene rings is 1. The summed E-state index contributed by atoms with van der Waals surface area (Å²) >= 11 is 0. The normalized spacial score (nSPS) is 28.4. The van der Waals surface area contributed by atoms with E-state index < -0.39 is 0 Å². The molecule has 1 aromatic rings. The first-order valence-electron chi connectivity index (χ1n) is 7.63. The highest BCUT2D eigenvalue weighted by molar-refractivity contribution is 5.87. The lowest BCUT2D eigenvalue weighted by molar-refractivity contribution is -0.136. The molecule has 2 aliphatic carbocycles. The van der Waals surface area contributed by atoms with Crippen LogP contribution in [-0.4, -0.2) is 30.5 Å². The fourth-order valence-corrected chi connectivity index (χ4v) is 4.05. The Morgan fingerprint density at radius 2 is 2.20 bits per heavy atom. The van der Waals surface area contributed by atoms with Crippen molar-refractivity contribution >= 4 is 5.91 Å². The van der Waals surface area contributed by atoms with Crippen LogP contribution in [0.1, 0.15) is 36.0 Å². The number of likely N-dealkylation sites (tertiary alicyclic amines) is 1. The Bertz CT molecular complexity index is 564. The van der Waals surface area contributed by atoms with Crippen LogP contribution in [0, 0.1) is 5.41 Å². The van der Waals surface area contributed by atoms with Gasteiger partial charge in [0.1, 0.15) is 0 Å². The summed E-state index contributed by atoms with van der Waals surface area (Å²) in [6.45, 7) is 1.62. The van der Waals surface area contributed by atoms with Crippen molar-refractivity contribution in [1.82, 2.24) is 4.90 Å². The zero-order valence-electron chi connectivity index (χ0n) is 12.0. The first-order valence-corrected chi connectivity index (χ1v) is 7.63. The number of methoxy groups -OCH3 is 1. The summed E-state index contributed by atoms with van der Waals surface area (Å²) in [5.74, 6) is 0.416. The molecule has 106 valence electrons. The number of rotatable bonds is 3. The lowest BCUT2D eigenvalue weighted by atomic mass is 9.83. The average molecular weight is 271 g/mol. The number of hydrogen-bond donors (Lipinski definition) is 0. The van der Waals surface area contributed by atoms with Crippen molar-refractivity contribution < 1.29 is 9.53 Å². The van der Waals surface area contributed by atoms with Crippen molar-refractivity contribution in [2.45, 2.75) is 44.8 Å². The molecule has 1 unspecified atom stereocenters. The number of carbonyl (C=O) groups is 1. The predicted molar refractivity (Wildman–Crippen MR) is 76.3 cm³/mol. The fraction of sp³-hybridized carbons (Fsp3) is 0.588. The third kappa shape index (κ3) is 1.72. The minimum atomic E-state index is -0.130. The van der Waals surface area contributed by atoms with Crippen molar-refractivity contribution in [1.29, 1.82) is 0 Å². The van der Waals surface area contributed by atoms with Crippen LogP contribution < -0.4 is 0 Å². The number of nitrogens with zero attached hydrogens (tertiary/aromatic N) is 1. The lowest BCUT2D eigenvalue weighted by Gasteiger charge is -2.22. The maximum absolute atomic E-state index is 12.8. The van der Waals surface area contributed by atoms with Crippen molar-refractivity contribution in [2.24, 2.45) is 5.41 Å². The number of ether oxygens (including phenoxy) is 1. The Morgan fingerprint density at radius 1 is 1.35 bits per heavy atom. The second-order valence-electron chi connectivity index (χ2n) is 6.60. The quantitative estimate of drug-likeness (QED) is 0.844. The number of carbonyl (C=O) groups excluding carboxylic acids is 1. The Kier molecular flexibility index (Phi) is 2.68. The molecule has 3 aliphatic rings. The molecule has 1 aliphatic heterocycles. The maximum Gasteiger partial charge on any atom is 0.229 e. The van der Waals surface area contributed by atoms with Crippen LogP contribution in [0.5, 0.6) is 0 Å². The number of hydrogen-bond acceptors (Lipinski definition) is 2. The van der Waals surface area contributed by atoms with Crippen molar-refractivity contribution in [3.63, 3.8) is 0 Å². The molecule has 20 heavy (non-hydrogen) atoms. The fourth-order valence-electron chi connectivity index (χ4n) is 4.05. The molecular weight excluding hydrogens is 250 g/mol. The van der Waals surface area contributed by atoms with Gasteiger partial charge in [-0.1, -0.05) is 18.2 Å². The van der Waals surface area contributed by atoms with E-state index >= 15 is 0 Å². The van der Waals surface area contributed by atoms with Crippen LogP contribution in [0.2, 0.25) is 0 Å². The molecule has 2 fully saturated rings. The van der Waals surface area contributed by atoms with Gasteiger partial charge in [-0.3, -0.25) is 4.79 Å². The largest absolute Gasteiger partial charge is 0.380 e. The van der Waals surface area contributed by atoms with Crippen LogP contribution in [0.3, 0.4) is 0 Å². The van der Waals surface area contributed by atoms with Gasteiger partial charge in [0.25, 0.3) is 0 Å². The zero-order chi connectivity index (χ0) is 13.7. The molecule has 3 heteroatoms. The van der Waals surface area contributed by atoms with E-state index in [1.165, 1.54) is 29.5 Å². The third-order valence-electron chi connectivity index (χ3n) is 5.25. The van der Waals surface area contributed by atoms with Crippen LogP contribution in [0.4, 0.5) is 0 Å². The first kappa shape index (κ1) is 12.4. The van der Waals surface area contributed by atoms with E-state index in [0.29, 0.717) is 18.6 Å². The van der Waals surface area contributed by atoms with Crippen LogP contribution >= 0.6 is 0 Å². The Morgan fingerprint density at radius 3 is 2.95 bits per heavy atom. The van der Waals surface area contributed by atoms with Gasteiger partial charge in [-0.25, -0.2) is 0 Å². The monoisotopic (exact) mass is 271 g/mol. The summed E-state index contributed by atoms with van der Waals surface area (Å²) in [4.78, 5) is 15.0. The van der Waals surface area contributed by atoms with Crippen molar-refractivity contribution in [3.05, 3.63) is 34.9 Å². The van der Waals surface area contributed by atoms with Gasteiger partial charge in [0.2, 0.25) is 5.91 Å². The minimum absolute atomic E-state index is 0.130. The highest BCUT2D eigenvalue weighted by Crippen LogP contribution is 2.48. The molecule has 1 atom stereocenters. The molecule has 0 aromatic heterocycles. The standard InChI is InChI=1S/C17H21NO2/c1-20-11-13-4-2-3-12-9-17(10-15(12)13)7-8-18(16(17)19)14-5-6-14/h2-4,14H,5-11H2,1H3. The first-order chi connectivity index (χ1) is 9.73. The summed E-state index contributed by atoms with van der Waals surface area (Å²) in [5, 5.41) is 0. The van der Waals surface area contributed by atoms with E-state index in [1.54, 1.807) is 7.11 Å². The van der Waals surface area contributed by atoms with Crippen molar-refractivity contribution in [2.75, 3.05) is 13.7 Å². The van der Waals surface area contributed by atoms with Gasteiger partial charge in [-0.05, 0) is 48.8 Å². The number of fused-ring (bicyclic) bond motifs is 1. The van der Waals surface area contributed by atoms with Gasteiger partial charge < -0.3 is 9.64 Å². The zero-order valence-corrected chi connectivity index (χ0v) is 12.0. The Hall–Kier alpha value is -1.35. The molecule has 0 N–H and O–H groups in total. The summed E-state index contributed by atoms with van der Waals surface area (Å²) in [6, 6.07) is 6.99. The molecule has 1 amide bonds. The molecule has 4 rings (SSSR count). The molecule has 0 radical (unpaired) electrons.